The number of carbonyl (C=O) groups excluding carboxylic acids is 3. The van der Waals surface area contributed by atoms with Gasteiger partial charge in [0, 0.05) is 12.8 Å². The van der Waals surface area contributed by atoms with Gasteiger partial charge in [-0.1, -0.05) is 20.3 Å². The van der Waals surface area contributed by atoms with E-state index in [1.165, 1.54) is 6.92 Å². The Bertz CT molecular complexity index is 418. The van der Waals surface area contributed by atoms with Crippen molar-refractivity contribution in [2.45, 2.75) is 52.1 Å². The average molecular weight is 284 g/mol. The lowest BCUT2D eigenvalue weighted by Crippen LogP contribution is -2.53. The molecule has 0 bridgehead atoms. The van der Waals surface area contributed by atoms with E-state index in [-0.39, 0.29) is 18.8 Å². The highest BCUT2D eigenvalue weighted by Crippen LogP contribution is 2.16. The molecule has 0 aliphatic carbocycles. The van der Waals surface area contributed by atoms with Gasteiger partial charge in [0.2, 0.25) is 17.7 Å². The van der Waals surface area contributed by atoms with E-state index >= 15 is 0 Å². The highest BCUT2D eigenvalue weighted by molar-refractivity contribution is 6.05. The lowest BCUT2D eigenvalue weighted by molar-refractivity contribution is -0.148. The van der Waals surface area contributed by atoms with E-state index in [1.54, 1.807) is 6.92 Å². The summed E-state index contributed by atoms with van der Waals surface area (Å²) in [6.45, 7) is 4.96. The molecule has 0 aromatic carbocycles. The number of hydrogen-bond acceptors (Lipinski definition) is 4. The summed E-state index contributed by atoms with van der Waals surface area (Å²) in [4.78, 5) is 47.2. The fourth-order valence-electron chi connectivity index (χ4n) is 2.10. The van der Waals surface area contributed by atoms with Gasteiger partial charge in [0.05, 0.1) is 0 Å². The summed E-state index contributed by atoms with van der Waals surface area (Å²) in [5.41, 5.74) is 0. The van der Waals surface area contributed by atoms with Crippen molar-refractivity contribution in [2.24, 2.45) is 5.92 Å². The molecule has 1 fully saturated rings. The van der Waals surface area contributed by atoms with Crippen LogP contribution in [-0.2, 0) is 19.2 Å². The summed E-state index contributed by atoms with van der Waals surface area (Å²) in [6, 6.07) is -2.01. The largest absolute Gasteiger partial charge is 0.480 e. The SMILES string of the molecule is CC[C@H](C)[C@H](NC(=O)[C@H](C)N1C(=O)CCC1=O)C(=O)O. The number of hydrogen-bond donors (Lipinski definition) is 2. The minimum absolute atomic E-state index is 0.101. The zero-order valence-corrected chi connectivity index (χ0v) is 11.9. The molecular weight excluding hydrogens is 264 g/mol. The monoisotopic (exact) mass is 284 g/mol. The number of carbonyl (C=O) groups is 4. The van der Waals surface area contributed by atoms with Crippen LogP contribution in [0.3, 0.4) is 0 Å². The van der Waals surface area contributed by atoms with Crippen LogP contribution in [0.15, 0.2) is 0 Å². The van der Waals surface area contributed by atoms with Crippen molar-refractivity contribution in [2.75, 3.05) is 0 Å². The lowest BCUT2D eigenvalue weighted by atomic mass is 9.99. The maximum Gasteiger partial charge on any atom is 0.326 e. The van der Waals surface area contributed by atoms with Crippen molar-refractivity contribution in [3.8, 4) is 0 Å². The maximum atomic E-state index is 12.0. The average Bonchev–Trinajstić information content (AvgIpc) is 2.73. The Morgan fingerprint density at radius 3 is 2.15 bits per heavy atom. The van der Waals surface area contributed by atoms with Crippen molar-refractivity contribution in [3.05, 3.63) is 0 Å². The Kier molecular flexibility index (Phi) is 5.24. The second kappa shape index (κ2) is 6.49. The number of carboxylic acids is 1. The van der Waals surface area contributed by atoms with Crippen molar-refractivity contribution >= 4 is 23.7 Å². The van der Waals surface area contributed by atoms with Gasteiger partial charge >= 0.3 is 5.97 Å². The van der Waals surface area contributed by atoms with E-state index in [1.807, 2.05) is 6.92 Å². The fraction of sp³-hybridized carbons (Fsp3) is 0.692. The Hall–Kier alpha value is -1.92. The van der Waals surface area contributed by atoms with Gasteiger partial charge < -0.3 is 10.4 Å². The molecule has 0 radical (unpaired) electrons. The molecule has 7 nitrogen and oxygen atoms in total. The van der Waals surface area contributed by atoms with Crippen LogP contribution in [0.2, 0.25) is 0 Å². The molecule has 20 heavy (non-hydrogen) atoms. The molecule has 0 spiro atoms. The summed E-state index contributed by atoms with van der Waals surface area (Å²) in [5.74, 6) is -2.78. The molecule has 1 aliphatic rings. The number of imide groups is 1. The summed E-state index contributed by atoms with van der Waals surface area (Å²) in [7, 11) is 0. The lowest BCUT2D eigenvalue weighted by Gasteiger charge is -2.25. The van der Waals surface area contributed by atoms with Crippen LogP contribution in [0.25, 0.3) is 0 Å². The Morgan fingerprint density at radius 2 is 1.75 bits per heavy atom. The van der Waals surface area contributed by atoms with Crippen LogP contribution in [0.5, 0.6) is 0 Å². The van der Waals surface area contributed by atoms with Gasteiger partial charge in [-0.3, -0.25) is 19.3 Å². The smallest absolute Gasteiger partial charge is 0.326 e. The number of nitrogens with one attached hydrogen (secondary N) is 1. The third-order valence-corrected chi connectivity index (χ3v) is 3.63. The zero-order valence-electron chi connectivity index (χ0n) is 11.9. The van der Waals surface area contributed by atoms with Gasteiger partial charge in [-0.2, -0.15) is 0 Å². The van der Waals surface area contributed by atoms with E-state index in [4.69, 9.17) is 5.11 Å². The highest BCUT2D eigenvalue weighted by atomic mass is 16.4. The fourth-order valence-corrected chi connectivity index (χ4v) is 2.10. The van der Waals surface area contributed by atoms with Crippen LogP contribution in [0.1, 0.15) is 40.0 Å². The van der Waals surface area contributed by atoms with E-state index in [2.05, 4.69) is 5.32 Å². The molecule has 0 aromatic heterocycles. The molecule has 0 aromatic rings. The molecule has 3 atom stereocenters. The quantitative estimate of drug-likeness (QED) is 0.675. The van der Waals surface area contributed by atoms with Gasteiger partial charge in [0.1, 0.15) is 12.1 Å². The standard InChI is InChI=1S/C13H20N2O5/c1-4-7(2)11(13(19)20)14-12(18)8(3)15-9(16)5-6-10(15)17/h7-8,11H,4-6H2,1-3H3,(H,14,18)(H,19,20)/t7-,8-,11-/m0/s1. The van der Waals surface area contributed by atoms with Crippen LogP contribution >= 0.6 is 0 Å². The van der Waals surface area contributed by atoms with E-state index < -0.39 is 35.8 Å². The molecule has 7 heteroatoms. The summed E-state index contributed by atoms with van der Waals surface area (Å²) >= 11 is 0. The van der Waals surface area contributed by atoms with Gasteiger partial charge in [-0.05, 0) is 12.8 Å². The number of carboxylic acid groups (broad SMARTS) is 1. The summed E-state index contributed by atoms with van der Waals surface area (Å²) < 4.78 is 0. The van der Waals surface area contributed by atoms with Gasteiger partial charge in [0.15, 0.2) is 0 Å². The maximum absolute atomic E-state index is 12.0. The molecule has 0 saturated carbocycles. The summed E-state index contributed by atoms with van der Waals surface area (Å²) in [6.07, 6.45) is 0.793. The molecule has 1 saturated heterocycles. The number of rotatable bonds is 6. The van der Waals surface area contributed by atoms with Crippen molar-refractivity contribution < 1.29 is 24.3 Å². The second-order valence-corrected chi connectivity index (χ2v) is 5.04. The first kappa shape index (κ1) is 16.1. The first-order chi connectivity index (χ1) is 9.29. The molecule has 2 N–H and O–H groups in total. The van der Waals surface area contributed by atoms with Crippen LogP contribution < -0.4 is 5.32 Å². The molecule has 1 heterocycles. The highest BCUT2D eigenvalue weighted by Gasteiger charge is 2.37. The van der Waals surface area contributed by atoms with Gasteiger partial charge in [0.25, 0.3) is 0 Å². The first-order valence-electron chi connectivity index (χ1n) is 6.67. The number of amides is 3. The predicted octanol–water partition coefficient (Wildman–Crippen LogP) is 0.139. The third-order valence-electron chi connectivity index (χ3n) is 3.63. The van der Waals surface area contributed by atoms with E-state index in [0.29, 0.717) is 6.42 Å². The van der Waals surface area contributed by atoms with Crippen LogP contribution in [0.4, 0.5) is 0 Å². The number of nitrogens with zero attached hydrogens (tertiary/aromatic N) is 1. The Labute approximate surface area is 117 Å². The molecule has 112 valence electrons. The minimum Gasteiger partial charge on any atom is -0.480 e. The molecule has 1 aliphatic heterocycles. The van der Waals surface area contributed by atoms with Crippen molar-refractivity contribution in [3.63, 3.8) is 0 Å². The predicted molar refractivity (Wildman–Crippen MR) is 69.6 cm³/mol. The third kappa shape index (κ3) is 3.34. The number of likely N-dealkylation sites (tertiary alicyclic amines) is 1. The normalized spacial score (nSPS) is 19.6. The van der Waals surface area contributed by atoms with E-state index in [0.717, 1.165) is 4.90 Å². The Balaban J connectivity index is 2.76. The molecule has 3 amide bonds. The van der Waals surface area contributed by atoms with Crippen LogP contribution in [-0.4, -0.2) is 45.8 Å². The Morgan fingerprint density at radius 1 is 1.25 bits per heavy atom. The van der Waals surface area contributed by atoms with Gasteiger partial charge in [-0.25, -0.2) is 4.79 Å². The van der Waals surface area contributed by atoms with Crippen molar-refractivity contribution in [1.29, 1.82) is 0 Å². The van der Waals surface area contributed by atoms with Crippen molar-refractivity contribution in [1.82, 2.24) is 10.2 Å². The zero-order chi connectivity index (χ0) is 15.4. The minimum atomic E-state index is -1.13. The second-order valence-electron chi connectivity index (χ2n) is 5.04. The number of aliphatic carboxylic acids is 1. The van der Waals surface area contributed by atoms with E-state index in [9.17, 15) is 19.2 Å². The van der Waals surface area contributed by atoms with Crippen LogP contribution in [0, 0.1) is 5.92 Å². The molecule has 1 rings (SSSR count). The summed E-state index contributed by atoms with van der Waals surface area (Å²) in [5, 5.41) is 11.5. The topological polar surface area (TPSA) is 104 Å². The molecular formula is C13H20N2O5. The van der Waals surface area contributed by atoms with Gasteiger partial charge in [-0.15, -0.1) is 0 Å². The molecule has 0 unspecified atom stereocenters. The first-order valence-corrected chi connectivity index (χ1v) is 6.67.